The van der Waals surface area contributed by atoms with Crippen LogP contribution < -0.4 is 0 Å². The Morgan fingerprint density at radius 2 is 1.20 bits per heavy atom. The van der Waals surface area contributed by atoms with E-state index < -0.39 is 0 Å². The van der Waals surface area contributed by atoms with E-state index in [1.165, 1.54) is 0 Å². The Morgan fingerprint density at radius 1 is 0.900 bits per heavy atom. The zero-order valence-electron chi connectivity index (χ0n) is 6.88. The van der Waals surface area contributed by atoms with Crippen molar-refractivity contribution in [2.75, 3.05) is 0 Å². The Labute approximate surface area is 62.9 Å². The van der Waals surface area contributed by atoms with Gasteiger partial charge in [0, 0.05) is 0 Å². The van der Waals surface area contributed by atoms with E-state index in [-0.39, 0.29) is 12.2 Å². The van der Waals surface area contributed by atoms with Gasteiger partial charge in [0.1, 0.15) is 0 Å². The molecule has 0 aliphatic carbocycles. The second-order valence-electron chi connectivity index (χ2n) is 2.98. The van der Waals surface area contributed by atoms with Gasteiger partial charge >= 0.3 is 0 Å². The molecule has 0 aliphatic heterocycles. The molecule has 2 heteroatoms. The lowest BCUT2D eigenvalue weighted by molar-refractivity contribution is 0.163. The Morgan fingerprint density at radius 3 is 1.40 bits per heavy atom. The Hall–Kier alpha value is -0.0800. The fraction of sp³-hybridized carbons (Fsp3) is 1.00. The molecule has 10 heavy (non-hydrogen) atoms. The van der Waals surface area contributed by atoms with Crippen LogP contribution in [-0.2, 0) is 0 Å². The van der Waals surface area contributed by atoms with Crippen LogP contribution in [0.4, 0.5) is 0 Å². The Kier molecular flexibility index (Phi) is 5.64. The summed E-state index contributed by atoms with van der Waals surface area (Å²) in [6.07, 6.45) is 3.37. The average molecular weight is 146 g/mol. The molecule has 0 spiro atoms. The fourth-order valence-corrected chi connectivity index (χ4v) is 0.879. The van der Waals surface area contributed by atoms with E-state index in [1.807, 2.05) is 0 Å². The van der Waals surface area contributed by atoms with Crippen molar-refractivity contribution < 1.29 is 10.2 Å². The molecule has 0 aliphatic rings. The molecule has 0 heterocycles. The molecule has 0 radical (unpaired) electrons. The van der Waals surface area contributed by atoms with Crippen molar-refractivity contribution in [2.45, 2.75) is 51.7 Å². The maximum absolute atomic E-state index is 8.86. The normalized spacial score (nSPS) is 16.8. The topological polar surface area (TPSA) is 40.5 Å². The lowest BCUT2D eigenvalue weighted by atomic mass is 10.1. The van der Waals surface area contributed by atoms with E-state index in [2.05, 4.69) is 0 Å². The molecular formula is C8H18O2. The van der Waals surface area contributed by atoms with Gasteiger partial charge in [0.25, 0.3) is 0 Å². The van der Waals surface area contributed by atoms with Gasteiger partial charge in [0.2, 0.25) is 0 Å². The Balaban J connectivity index is 2.91. The number of hydrogen-bond donors (Lipinski definition) is 2. The predicted molar refractivity (Wildman–Crippen MR) is 41.8 cm³/mol. The summed E-state index contributed by atoms with van der Waals surface area (Å²) in [4.78, 5) is 0. The number of aliphatic hydroxyl groups is 2. The number of rotatable bonds is 5. The second kappa shape index (κ2) is 5.69. The summed E-state index contributed by atoms with van der Waals surface area (Å²) < 4.78 is 0. The molecule has 2 N–H and O–H groups in total. The van der Waals surface area contributed by atoms with E-state index in [0.29, 0.717) is 0 Å². The van der Waals surface area contributed by atoms with Crippen molar-refractivity contribution in [3.05, 3.63) is 0 Å². The molecule has 0 saturated carbocycles. The minimum absolute atomic E-state index is 0.186. The van der Waals surface area contributed by atoms with Gasteiger partial charge in [-0.1, -0.05) is 12.8 Å². The minimum Gasteiger partial charge on any atom is -0.393 e. The highest BCUT2D eigenvalue weighted by Gasteiger charge is 1.97. The van der Waals surface area contributed by atoms with Crippen LogP contribution in [0, 0.1) is 0 Å². The first-order chi connectivity index (χ1) is 4.63. The minimum atomic E-state index is -0.186. The van der Waals surface area contributed by atoms with Gasteiger partial charge in [-0.15, -0.1) is 0 Å². The third kappa shape index (κ3) is 7.92. The van der Waals surface area contributed by atoms with Crippen LogP contribution in [0.3, 0.4) is 0 Å². The molecule has 1 unspecified atom stereocenters. The number of hydrogen-bond acceptors (Lipinski definition) is 2. The highest BCUT2D eigenvalue weighted by Crippen LogP contribution is 2.04. The highest BCUT2D eigenvalue weighted by atomic mass is 16.3. The van der Waals surface area contributed by atoms with Gasteiger partial charge in [0.05, 0.1) is 12.2 Å². The summed E-state index contributed by atoms with van der Waals surface area (Å²) >= 11 is 0. The standard InChI is InChI=1S/C8H18O2/c1-7(9)5-3-4-6-8(2)10/h7-10H,3-6H2,1-2H3/t7-,8?/m0/s1. The monoisotopic (exact) mass is 146 g/mol. The molecule has 62 valence electrons. The summed E-state index contributed by atoms with van der Waals surface area (Å²) in [6, 6.07) is 0. The molecule has 0 aromatic carbocycles. The van der Waals surface area contributed by atoms with Crippen LogP contribution in [0.1, 0.15) is 39.5 Å². The molecule has 0 fully saturated rings. The maximum Gasteiger partial charge on any atom is 0.0512 e. The summed E-state index contributed by atoms with van der Waals surface area (Å²) in [7, 11) is 0. The molecule has 0 aromatic heterocycles. The smallest absolute Gasteiger partial charge is 0.0512 e. The van der Waals surface area contributed by atoms with Gasteiger partial charge in [-0.3, -0.25) is 0 Å². The van der Waals surface area contributed by atoms with Gasteiger partial charge in [0.15, 0.2) is 0 Å². The number of aliphatic hydroxyl groups excluding tert-OH is 2. The zero-order chi connectivity index (χ0) is 7.98. The molecule has 0 rings (SSSR count). The quantitative estimate of drug-likeness (QED) is 0.574. The lowest BCUT2D eigenvalue weighted by Gasteiger charge is -2.04. The zero-order valence-corrected chi connectivity index (χ0v) is 6.88. The third-order valence-corrected chi connectivity index (χ3v) is 1.49. The summed E-state index contributed by atoms with van der Waals surface area (Å²) in [6.45, 7) is 3.59. The van der Waals surface area contributed by atoms with Gasteiger partial charge < -0.3 is 10.2 Å². The third-order valence-electron chi connectivity index (χ3n) is 1.49. The van der Waals surface area contributed by atoms with Gasteiger partial charge in [-0.25, -0.2) is 0 Å². The van der Waals surface area contributed by atoms with Crippen LogP contribution in [0.2, 0.25) is 0 Å². The van der Waals surface area contributed by atoms with Crippen LogP contribution in [0.15, 0.2) is 0 Å². The van der Waals surface area contributed by atoms with Gasteiger partial charge in [-0.2, -0.15) is 0 Å². The molecule has 0 aromatic rings. The average Bonchev–Trinajstić information content (AvgIpc) is 1.79. The first-order valence-electron chi connectivity index (χ1n) is 3.99. The first kappa shape index (κ1) is 9.92. The van der Waals surface area contributed by atoms with Crippen LogP contribution >= 0.6 is 0 Å². The van der Waals surface area contributed by atoms with Crippen molar-refractivity contribution in [1.29, 1.82) is 0 Å². The predicted octanol–water partition coefficient (Wildman–Crippen LogP) is 1.31. The summed E-state index contributed by atoms with van der Waals surface area (Å²) in [5, 5.41) is 17.7. The summed E-state index contributed by atoms with van der Waals surface area (Å²) in [5.74, 6) is 0. The van der Waals surface area contributed by atoms with Crippen molar-refractivity contribution in [3.63, 3.8) is 0 Å². The van der Waals surface area contributed by atoms with Crippen molar-refractivity contribution in [1.82, 2.24) is 0 Å². The molecule has 0 bridgehead atoms. The van der Waals surface area contributed by atoms with Gasteiger partial charge in [-0.05, 0) is 26.7 Å². The van der Waals surface area contributed by atoms with Crippen LogP contribution in [0.25, 0.3) is 0 Å². The fourth-order valence-electron chi connectivity index (χ4n) is 0.879. The van der Waals surface area contributed by atoms with Crippen molar-refractivity contribution in [2.24, 2.45) is 0 Å². The summed E-state index contributed by atoms with van der Waals surface area (Å²) in [5.41, 5.74) is 0. The van der Waals surface area contributed by atoms with E-state index in [0.717, 1.165) is 25.7 Å². The Bertz CT molecular complexity index is 59.7. The largest absolute Gasteiger partial charge is 0.393 e. The van der Waals surface area contributed by atoms with Crippen molar-refractivity contribution >= 4 is 0 Å². The molecule has 2 nitrogen and oxygen atoms in total. The maximum atomic E-state index is 8.86. The molecular weight excluding hydrogens is 128 g/mol. The molecule has 2 atom stereocenters. The van der Waals surface area contributed by atoms with E-state index >= 15 is 0 Å². The second-order valence-corrected chi connectivity index (χ2v) is 2.98. The van der Waals surface area contributed by atoms with Crippen LogP contribution in [-0.4, -0.2) is 22.4 Å². The van der Waals surface area contributed by atoms with E-state index in [1.54, 1.807) is 13.8 Å². The van der Waals surface area contributed by atoms with E-state index in [4.69, 9.17) is 10.2 Å². The molecule has 0 saturated heterocycles. The SMILES string of the molecule is CC(O)CCCC[C@H](C)O. The van der Waals surface area contributed by atoms with Crippen molar-refractivity contribution in [3.8, 4) is 0 Å². The number of unbranched alkanes of at least 4 members (excludes halogenated alkanes) is 1. The highest BCUT2D eigenvalue weighted by molar-refractivity contribution is 4.51. The molecule has 0 amide bonds. The van der Waals surface area contributed by atoms with E-state index in [9.17, 15) is 0 Å². The van der Waals surface area contributed by atoms with Crippen LogP contribution in [0.5, 0.6) is 0 Å². The lowest BCUT2D eigenvalue weighted by Crippen LogP contribution is -2.02. The first-order valence-corrected chi connectivity index (χ1v) is 3.99.